The molecule has 2 N–H and O–H groups in total. The molecule has 110 valence electrons. The van der Waals surface area contributed by atoms with Gasteiger partial charge in [-0.05, 0) is 18.2 Å². The van der Waals surface area contributed by atoms with Gasteiger partial charge in [-0.3, -0.25) is 10.1 Å². The molecule has 2 aromatic rings. The molecule has 0 unspecified atom stereocenters. The maximum atomic E-state index is 10.7. The number of rotatable bonds is 5. The Hall–Kier alpha value is -2.25. The van der Waals surface area contributed by atoms with Gasteiger partial charge in [-0.2, -0.15) is 0 Å². The first-order chi connectivity index (χ1) is 10.1. The second-order valence-electron chi connectivity index (χ2n) is 5.34. The van der Waals surface area contributed by atoms with Gasteiger partial charge in [0.2, 0.25) is 0 Å². The van der Waals surface area contributed by atoms with Gasteiger partial charge in [0.05, 0.1) is 35.7 Å². The monoisotopic (exact) mass is 289 g/mol. The Bertz CT molecular complexity index is 679. The van der Waals surface area contributed by atoms with Crippen molar-refractivity contribution < 1.29 is 14.8 Å². The first kappa shape index (κ1) is 13.7. The van der Waals surface area contributed by atoms with E-state index in [1.165, 1.54) is 12.1 Å². The Morgan fingerprint density at radius 2 is 2.19 bits per heavy atom. The van der Waals surface area contributed by atoms with E-state index in [1.807, 2.05) is 0 Å². The lowest BCUT2D eigenvalue weighted by Gasteiger charge is -2.39. The summed E-state index contributed by atoms with van der Waals surface area (Å²) in [6.45, 7) is 1.72. The lowest BCUT2D eigenvalue weighted by molar-refractivity contribution is -0.384. The van der Waals surface area contributed by atoms with E-state index in [-0.39, 0.29) is 17.7 Å². The largest absolute Gasteiger partial charge is 0.396 e. The van der Waals surface area contributed by atoms with E-state index >= 15 is 0 Å². The second kappa shape index (κ2) is 5.27. The zero-order chi connectivity index (χ0) is 14.9. The number of nitro benzene ring substituents is 1. The third-order valence-corrected chi connectivity index (χ3v) is 3.68. The van der Waals surface area contributed by atoms with Crippen LogP contribution in [-0.2, 0) is 4.74 Å². The molecule has 1 fully saturated rings. The fourth-order valence-electron chi connectivity index (χ4n) is 2.24. The highest BCUT2D eigenvalue weighted by atomic mass is 16.6. The fraction of sp³-hybridized carbons (Fsp3) is 0.357. The summed E-state index contributed by atoms with van der Waals surface area (Å²) >= 11 is 0. The van der Waals surface area contributed by atoms with Crippen molar-refractivity contribution in [1.29, 1.82) is 0 Å². The lowest BCUT2D eigenvalue weighted by Crippen LogP contribution is -2.50. The van der Waals surface area contributed by atoms with Crippen LogP contribution in [0.2, 0.25) is 0 Å². The summed E-state index contributed by atoms with van der Waals surface area (Å²) in [7, 11) is 0. The molecular formula is C14H15N3O4. The topological polar surface area (TPSA) is 97.5 Å². The standard InChI is InChI=1S/C14H15N3O4/c18-7-14(8-21-9-14)6-15-13-4-1-10-5-11(17(19)20)2-3-12(10)16-13/h1-5,18H,6-9H2,(H,15,16). The number of aliphatic hydroxyl groups is 1. The van der Waals surface area contributed by atoms with Crippen LogP contribution in [-0.4, -0.2) is 41.4 Å². The van der Waals surface area contributed by atoms with Gasteiger partial charge in [0.1, 0.15) is 5.82 Å². The number of aliphatic hydroxyl groups excluding tert-OH is 1. The smallest absolute Gasteiger partial charge is 0.270 e. The molecule has 0 spiro atoms. The number of nitrogens with zero attached hydrogens (tertiary/aromatic N) is 2. The first-order valence-electron chi connectivity index (χ1n) is 6.60. The average Bonchev–Trinajstić information content (AvgIpc) is 2.46. The molecule has 0 atom stereocenters. The molecule has 3 rings (SSSR count). The third kappa shape index (κ3) is 2.65. The minimum absolute atomic E-state index is 0.0517. The van der Waals surface area contributed by atoms with Crippen LogP contribution in [0.15, 0.2) is 30.3 Å². The van der Waals surface area contributed by atoms with Crippen LogP contribution in [0.4, 0.5) is 11.5 Å². The van der Waals surface area contributed by atoms with Crippen molar-refractivity contribution in [2.75, 3.05) is 31.7 Å². The number of non-ortho nitro benzene ring substituents is 1. The molecule has 1 aromatic carbocycles. The van der Waals surface area contributed by atoms with Gasteiger partial charge in [-0.25, -0.2) is 4.98 Å². The van der Waals surface area contributed by atoms with Crippen LogP contribution in [0.1, 0.15) is 0 Å². The summed E-state index contributed by atoms with van der Waals surface area (Å²) in [5, 5.41) is 24.0. The fourth-order valence-corrected chi connectivity index (χ4v) is 2.24. The van der Waals surface area contributed by atoms with Gasteiger partial charge in [0.25, 0.3) is 5.69 Å². The van der Waals surface area contributed by atoms with Crippen LogP contribution < -0.4 is 5.32 Å². The van der Waals surface area contributed by atoms with E-state index in [9.17, 15) is 15.2 Å². The molecule has 0 bridgehead atoms. The molecule has 7 heteroatoms. The average molecular weight is 289 g/mol. The highest BCUT2D eigenvalue weighted by Crippen LogP contribution is 2.27. The van der Waals surface area contributed by atoms with Gasteiger partial charge in [0, 0.05) is 24.1 Å². The van der Waals surface area contributed by atoms with Crippen LogP contribution in [0.5, 0.6) is 0 Å². The molecule has 0 aliphatic carbocycles. The number of hydrogen-bond donors (Lipinski definition) is 2. The molecule has 0 amide bonds. The van der Waals surface area contributed by atoms with Crippen LogP contribution in [0.3, 0.4) is 0 Å². The van der Waals surface area contributed by atoms with Crippen LogP contribution >= 0.6 is 0 Å². The Morgan fingerprint density at radius 3 is 2.81 bits per heavy atom. The van der Waals surface area contributed by atoms with E-state index in [4.69, 9.17) is 4.74 Å². The predicted octanol–water partition coefficient (Wildman–Crippen LogP) is 1.56. The van der Waals surface area contributed by atoms with Crippen molar-refractivity contribution in [1.82, 2.24) is 4.98 Å². The maximum absolute atomic E-state index is 10.7. The van der Waals surface area contributed by atoms with E-state index in [1.54, 1.807) is 18.2 Å². The van der Waals surface area contributed by atoms with Crippen LogP contribution in [0, 0.1) is 15.5 Å². The number of hydrogen-bond acceptors (Lipinski definition) is 6. The minimum atomic E-state index is -0.423. The quantitative estimate of drug-likeness (QED) is 0.640. The van der Waals surface area contributed by atoms with Gasteiger partial charge in [-0.1, -0.05) is 0 Å². The number of anilines is 1. The third-order valence-electron chi connectivity index (χ3n) is 3.68. The number of nitrogens with one attached hydrogen (secondary N) is 1. The van der Waals surface area contributed by atoms with Crippen molar-refractivity contribution >= 4 is 22.4 Å². The summed E-state index contributed by atoms with van der Waals surface area (Å²) in [5.41, 5.74) is 0.510. The van der Waals surface area contributed by atoms with E-state index in [0.29, 0.717) is 31.1 Å². The number of fused-ring (bicyclic) bond motifs is 1. The molecule has 7 nitrogen and oxygen atoms in total. The number of aromatic nitrogens is 1. The Balaban J connectivity index is 1.78. The SMILES string of the molecule is O=[N+]([O-])c1ccc2nc(NCC3(CO)COC3)ccc2c1. The van der Waals surface area contributed by atoms with Gasteiger partial charge in [0.15, 0.2) is 0 Å². The van der Waals surface area contributed by atoms with Crippen LogP contribution in [0.25, 0.3) is 10.9 Å². The van der Waals surface area contributed by atoms with Gasteiger partial charge < -0.3 is 15.2 Å². The summed E-state index contributed by atoms with van der Waals surface area (Å²) in [6, 6.07) is 8.14. The predicted molar refractivity (Wildman–Crippen MR) is 77.2 cm³/mol. The van der Waals surface area contributed by atoms with E-state index < -0.39 is 4.92 Å². The van der Waals surface area contributed by atoms with Crippen molar-refractivity contribution in [2.24, 2.45) is 5.41 Å². The summed E-state index contributed by atoms with van der Waals surface area (Å²) in [6.07, 6.45) is 0. The molecule has 21 heavy (non-hydrogen) atoms. The molecule has 1 aliphatic heterocycles. The highest BCUT2D eigenvalue weighted by Gasteiger charge is 2.37. The van der Waals surface area contributed by atoms with E-state index in [2.05, 4.69) is 10.3 Å². The molecular weight excluding hydrogens is 274 g/mol. The van der Waals surface area contributed by atoms with Crippen molar-refractivity contribution in [3.8, 4) is 0 Å². The van der Waals surface area contributed by atoms with Crippen molar-refractivity contribution in [2.45, 2.75) is 0 Å². The second-order valence-corrected chi connectivity index (χ2v) is 5.34. The van der Waals surface area contributed by atoms with Crippen molar-refractivity contribution in [3.05, 3.63) is 40.4 Å². The highest BCUT2D eigenvalue weighted by molar-refractivity contribution is 5.82. The Labute approximate surface area is 120 Å². The molecule has 1 aromatic heterocycles. The molecule has 0 saturated carbocycles. The normalized spacial score (nSPS) is 16.4. The summed E-state index contributed by atoms with van der Waals surface area (Å²) in [4.78, 5) is 14.7. The Kier molecular flexibility index (Phi) is 3.44. The zero-order valence-electron chi connectivity index (χ0n) is 11.3. The first-order valence-corrected chi connectivity index (χ1v) is 6.60. The summed E-state index contributed by atoms with van der Waals surface area (Å²) in [5.74, 6) is 0.677. The molecule has 1 aliphatic rings. The lowest BCUT2D eigenvalue weighted by atomic mass is 9.87. The molecule has 0 radical (unpaired) electrons. The van der Waals surface area contributed by atoms with Gasteiger partial charge in [-0.15, -0.1) is 0 Å². The molecule has 1 saturated heterocycles. The van der Waals surface area contributed by atoms with Crippen molar-refractivity contribution in [3.63, 3.8) is 0 Å². The molecule has 2 heterocycles. The number of benzene rings is 1. The van der Waals surface area contributed by atoms with E-state index in [0.717, 1.165) is 5.39 Å². The summed E-state index contributed by atoms with van der Waals surface area (Å²) < 4.78 is 5.14. The Morgan fingerprint density at radius 1 is 1.38 bits per heavy atom. The minimum Gasteiger partial charge on any atom is -0.396 e. The number of ether oxygens (including phenoxy) is 1. The van der Waals surface area contributed by atoms with Gasteiger partial charge >= 0.3 is 0 Å². The number of nitro groups is 1. The zero-order valence-corrected chi connectivity index (χ0v) is 11.3. The maximum Gasteiger partial charge on any atom is 0.270 e. The number of pyridine rings is 1.